The molecule has 0 spiro atoms. The van der Waals surface area contributed by atoms with Crippen LogP contribution in [0.5, 0.6) is 0 Å². The van der Waals surface area contributed by atoms with Crippen molar-refractivity contribution in [2.45, 2.75) is 46.6 Å². The molecule has 15 heavy (non-hydrogen) atoms. The number of carbonyl (C=O) groups is 2. The van der Waals surface area contributed by atoms with Crippen molar-refractivity contribution in [3.63, 3.8) is 0 Å². The topological polar surface area (TPSA) is 46.2 Å². The van der Waals surface area contributed by atoms with Gasteiger partial charge in [-0.15, -0.1) is 0 Å². The van der Waals surface area contributed by atoms with Crippen LogP contribution < -0.4 is 5.32 Å². The summed E-state index contributed by atoms with van der Waals surface area (Å²) in [6, 6.07) is -0.544. The summed E-state index contributed by atoms with van der Waals surface area (Å²) in [5.41, 5.74) is 0. The van der Waals surface area contributed by atoms with E-state index in [0.717, 1.165) is 0 Å². The van der Waals surface area contributed by atoms with Gasteiger partial charge in [-0.25, -0.2) is 0 Å². The van der Waals surface area contributed by atoms with Crippen LogP contribution >= 0.6 is 11.6 Å². The molecule has 0 aliphatic heterocycles. The number of hydrogen-bond acceptors (Lipinski definition) is 2. The van der Waals surface area contributed by atoms with Crippen molar-refractivity contribution in [1.29, 1.82) is 0 Å². The average molecular weight is 234 g/mol. The zero-order valence-electron chi connectivity index (χ0n) is 9.84. The Bertz CT molecular complexity index is 227. The van der Waals surface area contributed by atoms with Crippen LogP contribution in [0.2, 0.25) is 0 Å². The van der Waals surface area contributed by atoms with Gasteiger partial charge in [-0.05, 0) is 29.9 Å². The van der Waals surface area contributed by atoms with Crippen molar-refractivity contribution in [3.05, 3.63) is 0 Å². The Labute approximate surface area is 96.6 Å². The van der Waals surface area contributed by atoms with Gasteiger partial charge in [0.25, 0.3) is 0 Å². The Hall–Kier alpha value is -0.570. The number of amides is 1. The largest absolute Gasteiger partial charge is 0.345 e. The van der Waals surface area contributed by atoms with Crippen molar-refractivity contribution in [2.24, 2.45) is 11.8 Å². The lowest BCUT2D eigenvalue weighted by atomic mass is 10.0. The third kappa shape index (κ3) is 7.37. The first-order chi connectivity index (χ1) is 6.82. The minimum absolute atomic E-state index is 0.107. The lowest BCUT2D eigenvalue weighted by Gasteiger charge is -2.17. The third-order valence-electron chi connectivity index (χ3n) is 1.91. The van der Waals surface area contributed by atoms with Crippen molar-refractivity contribution in [3.8, 4) is 0 Å². The summed E-state index contributed by atoms with van der Waals surface area (Å²) in [6.45, 7) is 7.89. The van der Waals surface area contributed by atoms with Gasteiger partial charge in [-0.2, -0.15) is 0 Å². The molecule has 0 saturated heterocycles. The Morgan fingerprint density at radius 1 is 1.13 bits per heavy atom. The minimum Gasteiger partial charge on any atom is -0.345 e. The van der Waals surface area contributed by atoms with Gasteiger partial charge < -0.3 is 5.32 Å². The molecule has 4 heteroatoms. The van der Waals surface area contributed by atoms with Crippen LogP contribution in [-0.2, 0) is 9.59 Å². The van der Waals surface area contributed by atoms with E-state index < -0.39 is 11.3 Å². The summed E-state index contributed by atoms with van der Waals surface area (Å²) in [7, 11) is 0. The first-order valence-corrected chi connectivity index (χ1v) is 5.69. The standard InChI is InChI=1S/C11H20ClNO2/c1-7(2)5-9(11(12)15)13-10(14)6-8(3)4/h7-9H,5-6H2,1-4H3,(H,13,14). The molecule has 88 valence electrons. The molecule has 0 rings (SSSR count). The van der Waals surface area contributed by atoms with Crippen LogP contribution in [0, 0.1) is 11.8 Å². The molecule has 1 amide bonds. The van der Waals surface area contributed by atoms with Gasteiger partial charge in [0.05, 0.1) is 0 Å². The molecule has 3 nitrogen and oxygen atoms in total. The summed E-state index contributed by atoms with van der Waals surface area (Å²) in [4.78, 5) is 22.5. The van der Waals surface area contributed by atoms with Crippen LogP contribution in [0.1, 0.15) is 40.5 Å². The molecule has 1 N–H and O–H groups in total. The zero-order valence-corrected chi connectivity index (χ0v) is 10.6. The second-order valence-electron chi connectivity index (χ2n) is 4.65. The predicted molar refractivity (Wildman–Crippen MR) is 61.7 cm³/mol. The fourth-order valence-corrected chi connectivity index (χ4v) is 1.45. The van der Waals surface area contributed by atoms with Crippen LogP contribution in [0.3, 0.4) is 0 Å². The fraction of sp³-hybridized carbons (Fsp3) is 0.818. The minimum atomic E-state index is -0.544. The number of hydrogen-bond donors (Lipinski definition) is 1. The molecule has 1 unspecified atom stereocenters. The number of nitrogens with one attached hydrogen (secondary N) is 1. The van der Waals surface area contributed by atoms with Crippen LogP contribution in [0.4, 0.5) is 0 Å². The highest BCUT2D eigenvalue weighted by atomic mass is 35.5. The maximum Gasteiger partial charge on any atom is 0.244 e. The molecule has 0 heterocycles. The zero-order chi connectivity index (χ0) is 12.0. The molecule has 0 radical (unpaired) electrons. The number of halogens is 1. The molecular weight excluding hydrogens is 214 g/mol. The normalized spacial score (nSPS) is 13.0. The molecular formula is C11H20ClNO2. The Kier molecular flexibility index (Phi) is 6.57. The van der Waals surface area contributed by atoms with Gasteiger partial charge in [0.15, 0.2) is 0 Å². The van der Waals surface area contributed by atoms with Gasteiger partial charge in [0, 0.05) is 6.42 Å². The summed E-state index contributed by atoms with van der Waals surface area (Å²) < 4.78 is 0. The summed E-state index contributed by atoms with van der Waals surface area (Å²) in [5.74, 6) is 0.511. The van der Waals surface area contributed by atoms with E-state index in [0.29, 0.717) is 18.8 Å². The molecule has 0 bridgehead atoms. The van der Waals surface area contributed by atoms with Gasteiger partial charge >= 0.3 is 0 Å². The Balaban J connectivity index is 4.16. The van der Waals surface area contributed by atoms with E-state index in [1.807, 2.05) is 27.7 Å². The van der Waals surface area contributed by atoms with E-state index in [-0.39, 0.29) is 11.8 Å². The summed E-state index contributed by atoms with van der Waals surface area (Å²) in [5, 5.41) is 2.17. The molecule has 0 aromatic carbocycles. The second-order valence-corrected chi connectivity index (χ2v) is 5.02. The average Bonchev–Trinajstić information content (AvgIpc) is 1.99. The van der Waals surface area contributed by atoms with E-state index in [1.54, 1.807) is 0 Å². The first-order valence-electron chi connectivity index (χ1n) is 5.31. The van der Waals surface area contributed by atoms with E-state index in [4.69, 9.17) is 11.6 Å². The molecule has 0 aromatic rings. The fourth-order valence-electron chi connectivity index (χ4n) is 1.30. The maximum absolute atomic E-state index is 11.4. The smallest absolute Gasteiger partial charge is 0.244 e. The highest BCUT2D eigenvalue weighted by Gasteiger charge is 2.20. The highest BCUT2D eigenvalue weighted by Crippen LogP contribution is 2.08. The molecule has 0 fully saturated rings. The molecule has 0 aliphatic rings. The highest BCUT2D eigenvalue weighted by molar-refractivity contribution is 6.64. The van der Waals surface area contributed by atoms with Crippen LogP contribution in [0.25, 0.3) is 0 Å². The van der Waals surface area contributed by atoms with Gasteiger partial charge in [-0.1, -0.05) is 27.7 Å². The van der Waals surface area contributed by atoms with Crippen molar-refractivity contribution in [1.82, 2.24) is 5.32 Å². The van der Waals surface area contributed by atoms with Crippen molar-refractivity contribution >= 4 is 22.8 Å². The quantitative estimate of drug-likeness (QED) is 0.716. The van der Waals surface area contributed by atoms with Gasteiger partial charge in [-0.3, -0.25) is 9.59 Å². The maximum atomic E-state index is 11.4. The van der Waals surface area contributed by atoms with E-state index in [1.165, 1.54) is 0 Å². The monoisotopic (exact) mass is 233 g/mol. The number of rotatable bonds is 6. The lowest BCUT2D eigenvalue weighted by molar-refractivity contribution is -0.125. The van der Waals surface area contributed by atoms with Gasteiger partial charge in [0.1, 0.15) is 6.04 Å². The number of carbonyl (C=O) groups excluding carboxylic acids is 2. The Morgan fingerprint density at radius 3 is 2.00 bits per heavy atom. The van der Waals surface area contributed by atoms with E-state index >= 15 is 0 Å². The molecule has 0 saturated carbocycles. The van der Waals surface area contributed by atoms with E-state index in [2.05, 4.69) is 5.32 Å². The van der Waals surface area contributed by atoms with Crippen molar-refractivity contribution < 1.29 is 9.59 Å². The van der Waals surface area contributed by atoms with Crippen LogP contribution in [0.15, 0.2) is 0 Å². The molecule has 1 atom stereocenters. The molecule has 0 aliphatic carbocycles. The summed E-state index contributed by atoms with van der Waals surface area (Å²) in [6.07, 6.45) is 1.02. The van der Waals surface area contributed by atoms with E-state index in [9.17, 15) is 9.59 Å². The SMILES string of the molecule is CC(C)CC(=O)NC(CC(C)C)C(=O)Cl. The third-order valence-corrected chi connectivity index (χ3v) is 2.17. The van der Waals surface area contributed by atoms with Gasteiger partial charge in [0.2, 0.25) is 11.1 Å². The summed E-state index contributed by atoms with van der Waals surface area (Å²) >= 11 is 5.41. The van der Waals surface area contributed by atoms with Crippen molar-refractivity contribution in [2.75, 3.05) is 0 Å². The second kappa shape index (κ2) is 6.83. The molecule has 0 aromatic heterocycles. The lowest BCUT2D eigenvalue weighted by Crippen LogP contribution is -2.40. The Morgan fingerprint density at radius 2 is 1.67 bits per heavy atom. The predicted octanol–water partition coefficient (Wildman–Crippen LogP) is 2.33. The first kappa shape index (κ1) is 14.4. The van der Waals surface area contributed by atoms with Crippen LogP contribution in [-0.4, -0.2) is 17.2 Å².